The van der Waals surface area contributed by atoms with Crippen molar-refractivity contribution >= 4 is 29.4 Å². The molecule has 1 saturated heterocycles. The van der Waals surface area contributed by atoms with Crippen molar-refractivity contribution in [2.75, 3.05) is 11.5 Å². The fourth-order valence-corrected chi connectivity index (χ4v) is 4.50. The third-order valence-corrected chi connectivity index (χ3v) is 5.77. The lowest BCUT2D eigenvalue weighted by Crippen LogP contribution is -2.19. The summed E-state index contributed by atoms with van der Waals surface area (Å²) >= 11 is 8.29. The predicted molar refractivity (Wildman–Crippen MR) is 86.1 cm³/mol. The Labute approximate surface area is 134 Å². The number of rotatable bonds is 4. The number of isocyanates is 1. The molecule has 2 aliphatic rings. The molecule has 3 rings (SSSR count). The second kappa shape index (κ2) is 6.43. The molecule has 1 aromatic carbocycles. The largest absolute Gasteiger partial charge is 0.488 e. The third-order valence-electron chi connectivity index (χ3n) is 4.34. The van der Waals surface area contributed by atoms with E-state index in [1.807, 2.05) is 30.0 Å². The van der Waals surface area contributed by atoms with Gasteiger partial charge in [-0.15, -0.1) is 0 Å². The topological polar surface area (TPSA) is 38.7 Å². The summed E-state index contributed by atoms with van der Waals surface area (Å²) in [5.41, 5.74) is 0.578. The lowest BCUT2D eigenvalue weighted by molar-refractivity contribution is 0.229. The van der Waals surface area contributed by atoms with E-state index >= 15 is 0 Å². The Hall–Kier alpha value is -0.960. The van der Waals surface area contributed by atoms with Crippen LogP contribution < -0.4 is 4.74 Å². The Morgan fingerprint density at radius 3 is 2.81 bits per heavy atom. The average molecular weight is 324 g/mol. The van der Waals surface area contributed by atoms with Crippen LogP contribution in [0, 0.1) is 0 Å². The Bertz CT molecular complexity index is 559. The molecule has 21 heavy (non-hydrogen) atoms. The first-order chi connectivity index (χ1) is 10.2. The van der Waals surface area contributed by atoms with Gasteiger partial charge in [-0.1, -0.05) is 30.5 Å². The summed E-state index contributed by atoms with van der Waals surface area (Å²) in [6.07, 6.45) is 7.01. The van der Waals surface area contributed by atoms with Gasteiger partial charge < -0.3 is 4.74 Å². The van der Waals surface area contributed by atoms with E-state index in [1.165, 1.54) is 0 Å². The number of hydrogen-bond acceptors (Lipinski definition) is 4. The number of thioether (sulfide) groups is 1. The summed E-state index contributed by atoms with van der Waals surface area (Å²) in [6, 6.07) is 5.82. The molecule has 0 radical (unpaired) electrons. The van der Waals surface area contributed by atoms with E-state index in [-0.39, 0.29) is 6.10 Å². The summed E-state index contributed by atoms with van der Waals surface area (Å²) in [5, 5.41) is 0.608. The molecule has 0 aromatic heterocycles. The number of benzene rings is 1. The number of carbonyl (C=O) groups excluding carboxylic acids is 1. The van der Waals surface area contributed by atoms with Crippen molar-refractivity contribution in [2.45, 2.75) is 43.7 Å². The van der Waals surface area contributed by atoms with Gasteiger partial charge in [0.25, 0.3) is 0 Å². The Morgan fingerprint density at radius 2 is 2.19 bits per heavy atom. The molecule has 1 aromatic rings. The molecule has 1 saturated carbocycles. The van der Waals surface area contributed by atoms with Crippen LogP contribution in [0.5, 0.6) is 5.75 Å². The van der Waals surface area contributed by atoms with Crippen molar-refractivity contribution < 1.29 is 9.53 Å². The van der Waals surface area contributed by atoms with Gasteiger partial charge >= 0.3 is 0 Å². The second-order valence-corrected chi connectivity index (χ2v) is 7.25. The van der Waals surface area contributed by atoms with E-state index in [0.29, 0.717) is 5.02 Å². The summed E-state index contributed by atoms with van der Waals surface area (Å²) in [5.74, 6) is 2.91. The Balaban J connectivity index is 1.84. The summed E-state index contributed by atoms with van der Waals surface area (Å²) in [4.78, 5) is 14.9. The van der Waals surface area contributed by atoms with Crippen LogP contribution in [0.1, 0.15) is 37.7 Å². The van der Waals surface area contributed by atoms with Gasteiger partial charge in [0.15, 0.2) is 0 Å². The fourth-order valence-electron chi connectivity index (χ4n) is 3.18. The van der Waals surface area contributed by atoms with Gasteiger partial charge in [-0.2, -0.15) is 16.8 Å². The molecule has 3 nitrogen and oxygen atoms in total. The second-order valence-electron chi connectivity index (χ2n) is 5.69. The first-order valence-electron chi connectivity index (χ1n) is 7.37. The van der Waals surface area contributed by atoms with Crippen molar-refractivity contribution in [3.05, 3.63) is 28.8 Å². The number of nitrogens with zero attached hydrogens (tertiary/aromatic N) is 1. The lowest BCUT2D eigenvalue weighted by Gasteiger charge is -2.24. The zero-order valence-electron chi connectivity index (χ0n) is 11.8. The van der Waals surface area contributed by atoms with E-state index in [9.17, 15) is 4.79 Å². The number of ether oxygens (including phenoxy) is 1. The Kier molecular flexibility index (Phi) is 4.58. The molecule has 0 bridgehead atoms. The molecule has 112 valence electrons. The predicted octanol–water partition coefficient (Wildman–Crippen LogP) is 4.33. The maximum atomic E-state index is 10.8. The van der Waals surface area contributed by atoms with Crippen LogP contribution in [0.4, 0.5) is 0 Å². The molecule has 2 fully saturated rings. The normalized spacial score (nSPS) is 23.8. The molecule has 5 heteroatoms. The SMILES string of the molecule is O=C=NC1(c2ccc(OC3CCSC3)c(Cl)c2)CCCC1. The smallest absolute Gasteiger partial charge is 0.235 e. The van der Waals surface area contributed by atoms with Gasteiger partial charge in [0.05, 0.1) is 10.6 Å². The van der Waals surface area contributed by atoms with Crippen molar-refractivity contribution in [2.24, 2.45) is 4.99 Å². The number of hydrogen-bond donors (Lipinski definition) is 0. The van der Waals surface area contributed by atoms with Gasteiger partial charge in [-0.25, -0.2) is 4.79 Å². The zero-order chi connectivity index (χ0) is 14.7. The zero-order valence-corrected chi connectivity index (χ0v) is 13.4. The minimum absolute atomic E-state index is 0.256. The maximum Gasteiger partial charge on any atom is 0.235 e. The molecule has 1 aliphatic heterocycles. The third kappa shape index (κ3) is 3.13. The molecule has 1 unspecified atom stereocenters. The molecular formula is C16H18ClNO2S. The molecule has 1 atom stereocenters. The summed E-state index contributed by atoms with van der Waals surface area (Å²) in [6.45, 7) is 0. The van der Waals surface area contributed by atoms with Gasteiger partial charge in [0, 0.05) is 5.75 Å². The highest BCUT2D eigenvalue weighted by molar-refractivity contribution is 7.99. The summed E-state index contributed by atoms with van der Waals surface area (Å²) in [7, 11) is 0. The standard InChI is InChI=1S/C16H18ClNO2S/c17-14-9-12(16(18-11-19)6-1-2-7-16)3-4-15(14)20-13-5-8-21-10-13/h3-4,9,13H,1-2,5-8,10H2. The van der Waals surface area contributed by atoms with E-state index in [2.05, 4.69) is 4.99 Å². The molecule has 1 aliphatic carbocycles. The average Bonchev–Trinajstić information content (AvgIpc) is 3.14. The molecule has 0 amide bonds. The fraction of sp³-hybridized carbons (Fsp3) is 0.562. The first kappa shape index (κ1) is 15.0. The monoisotopic (exact) mass is 323 g/mol. The van der Waals surface area contributed by atoms with E-state index in [1.54, 1.807) is 6.08 Å². The van der Waals surface area contributed by atoms with Crippen LogP contribution in [0.15, 0.2) is 23.2 Å². The number of halogens is 1. The Morgan fingerprint density at radius 1 is 1.38 bits per heavy atom. The molecule has 1 heterocycles. The van der Waals surface area contributed by atoms with Crippen molar-refractivity contribution in [1.29, 1.82) is 0 Å². The van der Waals surface area contributed by atoms with Crippen LogP contribution in [0.2, 0.25) is 5.02 Å². The van der Waals surface area contributed by atoms with Crippen LogP contribution in [-0.2, 0) is 10.3 Å². The minimum atomic E-state index is -0.423. The van der Waals surface area contributed by atoms with E-state index < -0.39 is 5.54 Å². The lowest BCUT2D eigenvalue weighted by atomic mass is 9.89. The van der Waals surface area contributed by atoms with Gasteiger partial charge in [0.1, 0.15) is 11.9 Å². The molecular weight excluding hydrogens is 306 g/mol. The van der Waals surface area contributed by atoms with Crippen molar-refractivity contribution in [3.8, 4) is 5.75 Å². The van der Waals surface area contributed by atoms with Crippen LogP contribution in [0.25, 0.3) is 0 Å². The first-order valence-corrected chi connectivity index (χ1v) is 8.90. The highest BCUT2D eigenvalue weighted by atomic mass is 35.5. The van der Waals surface area contributed by atoms with Crippen LogP contribution in [0.3, 0.4) is 0 Å². The highest BCUT2D eigenvalue weighted by Crippen LogP contribution is 2.44. The number of aliphatic imine (C=N–C) groups is 1. The highest BCUT2D eigenvalue weighted by Gasteiger charge is 2.36. The van der Waals surface area contributed by atoms with Crippen molar-refractivity contribution in [3.63, 3.8) is 0 Å². The maximum absolute atomic E-state index is 10.8. The van der Waals surface area contributed by atoms with Crippen LogP contribution in [-0.4, -0.2) is 23.7 Å². The van der Waals surface area contributed by atoms with E-state index in [0.717, 1.165) is 54.9 Å². The van der Waals surface area contributed by atoms with E-state index in [4.69, 9.17) is 16.3 Å². The van der Waals surface area contributed by atoms with Crippen LogP contribution >= 0.6 is 23.4 Å². The van der Waals surface area contributed by atoms with Gasteiger partial charge in [-0.05, 0) is 42.7 Å². The molecule has 0 N–H and O–H groups in total. The molecule has 0 spiro atoms. The van der Waals surface area contributed by atoms with Crippen molar-refractivity contribution in [1.82, 2.24) is 0 Å². The van der Waals surface area contributed by atoms with Gasteiger partial charge in [-0.3, -0.25) is 0 Å². The quantitative estimate of drug-likeness (QED) is 0.611. The minimum Gasteiger partial charge on any atom is -0.488 e. The summed E-state index contributed by atoms with van der Waals surface area (Å²) < 4.78 is 5.96. The van der Waals surface area contributed by atoms with Gasteiger partial charge in [0.2, 0.25) is 6.08 Å².